The maximum Gasteiger partial charge on any atom is -0.0172 e. The molecule has 0 spiro atoms. The van der Waals surface area contributed by atoms with Crippen molar-refractivity contribution in [3.05, 3.63) is 108 Å². The van der Waals surface area contributed by atoms with E-state index in [0.29, 0.717) is 0 Å². The molecule has 0 heteroatoms. The highest BCUT2D eigenvalue weighted by atomic mass is 14.1. The van der Waals surface area contributed by atoms with Gasteiger partial charge in [-0.1, -0.05) is 78.4 Å². The Hall–Kier alpha value is -2.86. The fourth-order valence-electron chi connectivity index (χ4n) is 3.37. The Kier molecular flexibility index (Phi) is 6.08. The van der Waals surface area contributed by atoms with Gasteiger partial charge >= 0.3 is 0 Å². The minimum atomic E-state index is 1.06. The molecule has 0 amide bonds. The van der Waals surface area contributed by atoms with E-state index in [1.165, 1.54) is 39.0 Å². The monoisotopic (exact) mass is 352 g/mol. The summed E-state index contributed by atoms with van der Waals surface area (Å²) >= 11 is 0. The van der Waals surface area contributed by atoms with Crippen molar-refractivity contribution < 1.29 is 0 Å². The molecule has 0 unspecified atom stereocenters. The van der Waals surface area contributed by atoms with Gasteiger partial charge in [0.1, 0.15) is 0 Å². The summed E-state index contributed by atoms with van der Waals surface area (Å²) in [5.74, 6) is 0. The summed E-state index contributed by atoms with van der Waals surface area (Å²) in [4.78, 5) is 0. The molecule has 0 bridgehead atoms. The number of hydrogen-bond acceptors (Lipinski definition) is 0. The van der Waals surface area contributed by atoms with E-state index >= 15 is 0 Å². The van der Waals surface area contributed by atoms with Crippen molar-refractivity contribution in [2.24, 2.45) is 0 Å². The lowest BCUT2D eigenvalue weighted by molar-refractivity contribution is 1.04. The molecule has 0 saturated heterocycles. The van der Waals surface area contributed by atoms with Gasteiger partial charge in [0.05, 0.1) is 0 Å². The lowest BCUT2D eigenvalue weighted by Crippen LogP contribution is -1.92. The minimum Gasteiger partial charge on any atom is -0.0961 e. The van der Waals surface area contributed by atoms with E-state index in [-0.39, 0.29) is 0 Å². The molecular weight excluding hydrogens is 324 g/mol. The Morgan fingerprint density at radius 2 is 1.59 bits per heavy atom. The van der Waals surface area contributed by atoms with Gasteiger partial charge in [-0.3, -0.25) is 0 Å². The zero-order chi connectivity index (χ0) is 19.2. The van der Waals surface area contributed by atoms with Crippen LogP contribution in [0.4, 0.5) is 0 Å². The molecule has 0 aliphatic heterocycles. The summed E-state index contributed by atoms with van der Waals surface area (Å²) in [5, 5.41) is 0. The highest BCUT2D eigenvalue weighted by Gasteiger charge is 2.09. The first-order valence-corrected chi connectivity index (χ1v) is 9.63. The Morgan fingerprint density at radius 1 is 0.852 bits per heavy atom. The Labute approximate surface area is 164 Å². The van der Waals surface area contributed by atoms with Crippen LogP contribution in [0.25, 0.3) is 22.3 Å². The molecule has 0 fully saturated rings. The maximum absolute atomic E-state index is 4.09. The third kappa shape index (κ3) is 5.08. The predicted octanol–water partition coefficient (Wildman–Crippen LogP) is 8.01. The number of rotatable bonds is 5. The van der Waals surface area contributed by atoms with Crippen molar-refractivity contribution in [2.75, 3.05) is 0 Å². The van der Waals surface area contributed by atoms with Crippen LogP contribution in [-0.4, -0.2) is 0 Å². The van der Waals surface area contributed by atoms with E-state index in [1.54, 1.807) is 0 Å². The SMILES string of the molecule is C=C(C)/C=C(\C=C(C)C)c1cc(C2=CCCC=C2)cc(-c2ccccc2)c1. The van der Waals surface area contributed by atoms with E-state index in [4.69, 9.17) is 0 Å². The lowest BCUT2D eigenvalue weighted by atomic mass is 9.90. The molecule has 1 aliphatic carbocycles. The van der Waals surface area contributed by atoms with Crippen molar-refractivity contribution in [3.8, 4) is 11.1 Å². The average Bonchev–Trinajstić information content (AvgIpc) is 2.68. The van der Waals surface area contributed by atoms with Crippen LogP contribution in [0.2, 0.25) is 0 Å². The number of hydrogen-bond donors (Lipinski definition) is 0. The molecule has 3 rings (SSSR count). The average molecular weight is 353 g/mol. The summed E-state index contributed by atoms with van der Waals surface area (Å²) in [5.41, 5.74) is 9.86. The van der Waals surface area contributed by atoms with E-state index < -0.39 is 0 Å². The first-order valence-electron chi connectivity index (χ1n) is 9.63. The van der Waals surface area contributed by atoms with Gasteiger partial charge in [-0.2, -0.15) is 0 Å². The van der Waals surface area contributed by atoms with Gasteiger partial charge in [-0.15, -0.1) is 0 Å². The molecule has 1 aliphatic rings. The van der Waals surface area contributed by atoms with Crippen LogP contribution in [-0.2, 0) is 0 Å². The summed E-state index contributed by atoms with van der Waals surface area (Å²) in [6.07, 6.45) is 13.5. The van der Waals surface area contributed by atoms with Crippen molar-refractivity contribution in [1.29, 1.82) is 0 Å². The van der Waals surface area contributed by atoms with Gasteiger partial charge in [-0.25, -0.2) is 0 Å². The summed E-state index contributed by atoms with van der Waals surface area (Å²) in [6.45, 7) is 10.4. The van der Waals surface area contributed by atoms with Crippen molar-refractivity contribution in [3.63, 3.8) is 0 Å². The van der Waals surface area contributed by atoms with Gasteiger partial charge in [0.25, 0.3) is 0 Å². The van der Waals surface area contributed by atoms with Gasteiger partial charge in [0.15, 0.2) is 0 Å². The van der Waals surface area contributed by atoms with E-state index in [9.17, 15) is 0 Å². The third-order valence-electron chi connectivity index (χ3n) is 4.55. The lowest BCUT2D eigenvalue weighted by Gasteiger charge is -2.14. The van der Waals surface area contributed by atoms with Crippen LogP contribution in [0, 0.1) is 0 Å². The third-order valence-corrected chi connectivity index (χ3v) is 4.55. The van der Waals surface area contributed by atoms with Crippen LogP contribution >= 0.6 is 0 Å². The van der Waals surface area contributed by atoms with Crippen LogP contribution < -0.4 is 0 Å². The van der Waals surface area contributed by atoms with Gasteiger partial charge in [0, 0.05) is 0 Å². The summed E-state index contributed by atoms with van der Waals surface area (Å²) < 4.78 is 0. The predicted molar refractivity (Wildman–Crippen MR) is 120 cm³/mol. The Balaban J connectivity index is 2.20. The largest absolute Gasteiger partial charge is 0.0961 e. The zero-order valence-electron chi connectivity index (χ0n) is 16.6. The molecule has 2 aromatic carbocycles. The van der Waals surface area contributed by atoms with Crippen LogP contribution in [0.5, 0.6) is 0 Å². The van der Waals surface area contributed by atoms with Gasteiger partial charge in [0.2, 0.25) is 0 Å². The summed E-state index contributed by atoms with van der Waals surface area (Å²) in [7, 11) is 0. The molecule has 136 valence electrons. The zero-order valence-corrected chi connectivity index (χ0v) is 16.6. The highest BCUT2D eigenvalue weighted by molar-refractivity contribution is 5.85. The molecule has 2 aromatic rings. The van der Waals surface area contributed by atoms with Gasteiger partial charge < -0.3 is 0 Å². The van der Waals surface area contributed by atoms with Gasteiger partial charge in [-0.05, 0) is 85.2 Å². The second kappa shape index (κ2) is 8.68. The van der Waals surface area contributed by atoms with E-state index in [2.05, 4.69) is 99.3 Å². The summed E-state index contributed by atoms with van der Waals surface area (Å²) in [6, 6.07) is 17.5. The molecule has 0 nitrogen and oxygen atoms in total. The molecule has 27 heavy (non-hydrogen) atoms. The minimum absolute atomic E-state index is 1.06. The first kappa shape index (κ1) is 18.9. The van der Waals surface area contributed by atoms with Crippen molar-refractivity contribution >= 4 is 11.1 Å². The number of benzene rings is 2. The molecule has 0 saturated carbocycles. The molecule has 0 aromatic heterocycles. The first-order chi connectivity index (χ1) is 13.0. The highest BCUT2D eigenvalue weighted by Crippen LogP contribution is 2.32. The van der Waals surface area contributed by atoms with Crippen molar-refractivity contribution in [1.82, 2.24) is 0 Å². The maximum atomic E-state index is 4.09. The second-order valence-electron chi connectivity index (χ2n) is 7.47. The topological polar surface area (TPSA) is 0 Å². The van der Waals surface area contributed by atoms with Crippen LogP contribution in [0.1, 0.15) is 44.7 Å². The molecule has 0 radical (unpaired) electrons. The Morgan fingerprint density at radius 3 is 2.22 bits per heavy atom. The fourth-order valence-corrected chi connectivity index (χ4v) is 3.37. The van der Waals surface area contributed by atoms with Crippen molar-refractivity contribution in [2.45, 2.75) is 33.6 Å². The van der Waals surface area contributed by atoms with E-state index in [1.807, 2.05) is 6.92 Å². The number of allylic oxidation sites excluding steroid dienone is 9. The van der Waals surface area contributed by atoms with E-state index in [0.717, 1.165) is 18.4 Å². The smallest absolute Gasteiger partial charge is 0.0172 e. The Bertz CT molecular complexity index is 943. The molecule has 0 heterocycles. The second-order valence-corrected chi connectivity index (χ2v) is 7.47. The van der Waals surface area contributed by atoms with Crippen LogP contribution in [0.15, 0.2) is 96.6 Å². The normalized spacial score (nSPS) is 13.9. The van der Waals surface area contributed by atoms with Crippen LogP contribution in [0.3, 0.4) is 0 Å². The molecular formula is C27H28. The quantitative estimate of drug-likeness (QED) is 0.478. The molecule has 0 N–H and O–H groups in total. The fraction of sp³-hybridized carbons (Fsp3) is 0.185. The standard InChI is InChI=1S/C27H28/c1-20(2)15-24(16-21(3)4)27-18-25(22-11-7-5-8-12-22)17-26(19-27)23-13-9-6-10-14-23/h5,7-9,11-19H,1,6,10H2,2-4H3/b24-15+. The molecule has 0 atom stereocenters.